The van der Waals surface area contributed by atoms with Gasteiger partial charge in [-0.1, -0.05) is 6.92 Å². The molecule has 0 radical (unpaired) electrons. The Bertz CT molecular complexity index is 585. The van der Waals surface area contributed by atoms with E-state index in [1.54, 1.807) is 17.7 Å². The van der Waals surface area contributed by atoms with Crippen LogP contribution in [0, 0.1) is 5.92 Å². The molecule has 0 saturated carbocycles. The van der Waals surface area contributed by atoms with Crippen LogP contribution < -0.4 is 10.6 Å². The highest BCUT2D eigenvalue weighted by Gasteiger charge is 2.24. The summed E-state index contributed by atoms with van der Waals surface area (Å²) in [4.78, 5) is 13.8. The molecule has 1 saturated heterocycles. The lowest BCUT2D eigenvalue weighted by Gasteiger charge is -2.34. The van der Waals surface area contributed by atoms with Gasteiger partial charge < -0.3 is 10.6 Å². The minimum Gasteiger partial charge on any atom is -0.356 e. The Kier molecular flexibility index (Phi) is 3.89. The Morgan fingerprint density at radius 3 is 2.80 bits per heavy atom. The molecule has 0 spiro atoms. The molecule has 0 bridgehead atoms. The molecule has 2 aromatic rings. The molecule has 20 heavy (non-hydrogen) atoms. The van der Waals surface area contributed by atoms with Crippen LogP contribution in [0.2, 0.25) is 0 Å². The molecule has 3 rings (SSSR count). The van der Waals surface area contributed by atoms with E-state index in [4.69, 9.17) is 5.73 Å². The summed E-state index contributed by atoms with van der Waals surface area (Å²) in [5, 5.41) is 1.22. The van der Waals surface area contributed by atoms with Gasteiger partial charge in [-0.25, -0.2) is 9.97 Å². The monoisotopic (exact) mass is 290 g/mol. The van der Waals surface area contributed by atoms with Crippen LogP contribution in [0.15, 0.2) is 12.4 Å². The van der Waals surface area contributed by atoms with Crippen molar-refractivity contribution in [2.75, 3.05) is 18.0 Å². The molecule has 0 aromatic carbocycles. The van der Waals surface area contributed by atoms with E-state index in [0.29, 0.717) is 12.0 Å². The van der Waals surface area contributed by atoms with Crippen molar-refractivity contribution in [3.05, 3.63) is 17.3 Å². The molecule has 1 atom stereocenters. The third-order valence-electron chi connectivity index (χ3n) is 4.29. The van der Waals surface area contributed by atoms with E-state index < -0.39 is 0 Å². The Labute approximate surface area is 124 Å². The Morgan fingerprint density at radius 2 is 2.15 bits per heavy atom. The smallest absolute Gasteiger partial charge is 0.140 e. The quantitative estimate of drug-likeness (QED) is 0.944. The topological polar surface area (TPSA) is 55.0 Å². The van der Waals surface area contributed by atoms with Gasteiger partial charge in [0.25, 0.3) is 0 Å². The van der Waals surface area contributed by atoms with Crippen LogP contribution in [0.25, 0.3) is 10.2 Å². The summed E-state index contributed by atoms with van der Waals surface area (Å²) in [6.45, 7) is 6.41. The highest BCUT2D eigenvalue weighted by atomic mass is 32.1. The summed E-state index contributed by atoms with van der Waals surface area (Å²) in [6.07, 6.45) is 5.08. The zero-order valence-electron chi connectivity index (χ0n) is 12.2. The zero-order chi connectivity index (χ0) is 14.1. The molecule has 0 aliphatic carbocycles. The number of thiophene rings is 1. The fraction of sp³-hybridized carbons (Fsp3) is 0.600. The summed E-state index contributed by atoms with van der Waals surface area (Å²) in [5.74, 6) is 1.76. The number of piperidine rings is 1. The average Bonchev–Trinajstić information content (AvgIpc) is 2.90. The first-order valence-corrected chi connectivity index (χ1v) is 8.24. The number of hydrogen-bond acceptors (Lipinski definition) is 5. The van der Waals surface area contributed by atoms with E-state index in [2.05, 4.69) is 34.8 Å². The van der Waals surface area contributed by atoms with Crippen molar-refractivity contribution < 1.29 is 0 Å². The normalized spacial score (nSPS) is 18.6. The average molecular weight is 290 g/mol. The number of nitrogens with zero attached hydrogens (tertiary/aromatic N) is 3. The second-order valence-corrected chi connectivity index (χ2v) is 6.78. The first-order valence-electron chi connectivity index (χ1n) is 7.43. The van der Waals surface area contributed by atoms with Gasteiger partial charge in [0.2, 0.25) is 0 Å². The van der Waals surface area contributed by atoms with E-state index in [1.165, 1.54) is 10.3 Å². The van der Waals surface area contributed by atoms with Crippen LogP contribution in [0.5, 0.6) is 0 Å². The zero-order valence-corrected chi connectivity index (χ0v) is 13.0. The van der Waals surface area contributed by atoms with Gasteiger partial charge >= 0.3 is 0 Å². The lowest BCUT2D eigenvalue weighted by Crippen LogP contribution is -2.40. The first kappa shape index (κ1) is 13.8. The Hall–Kier alpha value is -1.20. The largest absolute Gasteiger partial charge is 0.356 e. The van der Waals surface area contributed by atoms with E-state index >= 15 is 0 Å². The van der Waals surface area contributed by atoms with Crippen LogP contribution in [-0.2, 0) is 6.42 Å². The van der Waals surface area contributed by atoms with Gasteiger partial charge in [0.05, 0.1) is 5.39 Å². The molecule has 1 aliphatic rings. The number of anilines is 1. The third kappa shape index (κ3) is 2.52. The van der Waals surface area contributed by atoms with Gasteiger partial charge in [-0.05, 0) is 38.2 Å². The summed E-state index contributed by atoms with van der Waals surface area (Å²) in [5.41, 5.74) is 6.02. The second kappa shape index (κ2) is 5.66. The number of aromatic nitrogens is 2. The van der Waals surface area contributed by atoms with Crippen LogP contribution >= 0.6 is 11.3 Å². The summed E-state index contributed by atoms with van der Waals surface area (Å²) in [6, 6.07) is 2.56. The SMILES string of the molecule is CCc1cc2c(N3CCC(C(C)N)CC3)ncnc2s1. The lowest BCUT2D eigenvalue weighted by molar-refractivity contribution is 0.354. The van der Waals surface area contributed by atoms with Crippen LogP contribution in [0.3, 0.4) is 0 Å². The van der Waals surface area contributed by atoms with Crippen molar-refractivity contribution in [3.8, 4) is 0 Å². The molecule has 2 aromatic heterocycles. The number of aryl methyl sites for hydroxylation is 1. The van der Waals surface area contributed by atoms with E-state index in [1.807, 2.05) is 0 Å². The molecule has 5 heteroatoms. The number of fused-ring (bicyclic) bond motifs is 1. The van der Waals surface area contributed by atoms with E-state index in [0.717, 1.165) is 43.0 Å². The van der Waals surface area contributed by atoms with Gasteiger partial charge in [-0.2, -0.15) is 0 Å². The Morgan fingerprint density at radius 1 is 1.40 bits per heavy atom. The molecule has 4 nitrogen and oxygen atoms in total. The summed E-state index contributed by atoms with van der Waals surface area (Å²) in [7, 11) is 0. The van der Waals surface area contributed by atoms with E-state index in [9.17, 15) is 0 Å². The fourth-order valence-corrected chi connectivity index (χ4v) is 3.89. The standard InChI is InChI=1S/C15H22N4S/c1-3-12-8-13-14(17-9-18-15(13)20-12)19-6-4-11(5-7-19)10(2)16/h8-11H,3-7,16H2,1-2H3. The number of nitrogens with two attached hydrogens (primary N) is 1. The van der Waals surface area contributed by atoms with Crippen molar-refractivity contribution in [2.45, 2.75) is 39.2 Å². The molecule has 1 unspecified atom stereocenters. The van der Waals surface area contributed by atoms with Gasteiger partial charge in [0.15, 0.2) is 0 Å². The van der Waals surface area contributed by atoms with Crippen LogP contribution in [0.4, 0.5) is 5.82 Å². The van der Waals surface area contributed by atoms with Crippen molar-refractivity contribution >= 4 is 27.4 Å². The van der Waals surface area contributed by atoms with Crippen molar-refractivity contribution in [2.24, 2.45) is 11.7 Å². The molecule has 108 valence electrons. The van der Waals surface area contributed by atoms with Gasteiger partial charge in [-0.15, -0.1) is 11.3 Å². The molecular weight excluding hydrogens is 268 g/mol. The fourth-order valence-electron chi connectivity index (χ4n) is 2.96. The number of rotatable bonds is 3. The molecule has 1 aliphatic heterocycles. The second-order valence-electron chi connectivity index (χ2n) is 5.67. The van der Waals surface area contributed by atoms with Crippen molar-refractivity contribution in [1.82, 2.24) is 9.97 Å². The predicted molar refractivity (Wildman–Crippen MR) is 85.4 cm³/mol. The molecule has 3 heterocycles. The summed E-state index contributed by atoms with van der Waals surface area (Å²) < 4.78 is 0. The molecule has 2 N–H and O–H groups in total. The maximum absolute atomic E-state index is 6.02. The van der Waals surface area contributed by atoms with E-state index in [-0.39, 0.29) is 0 Å². The maximum Gasteiger partial charge on any atom is 0.140 e. The highest BCUT2D eigenvalue weighted by molar-refractivity contribution is 7.18. The Balaban J connectivity index is 1.86. The minimum atomic E-state index is 0.301. The van der Waals surface area contributed by atoms with Gasteiger partial charge in [-0.3, -0.25) is 0 Å². The maximum atomic E-state index is 6.02. The third-order valence-corrected chi connectivity index (χ3v) is 5.48. The number of hydrogen-bond donors (Lipinski definition) is 1. The molecular formula is C15H22N4S. The molecule has 1 fully saturated rings. The van der Waals surface area contributed by atoms with Crippen molar-refractivity contribution in [1.29, 1.82) is 0 Å². The van der Waals surface area contributed by atoms with Crippen LogP contribution in [0.1, 0.15) is 31.6 Å². The predicted octanol–water partition coefficient (Wildman–Crippen LogP) is 2.82. The lowest BCUT2D eigenvalue weighted by atomic mass is 9.91. The first-order chi connectivity index (χ1) is 9.69. The minimum absolute atomic E-state index is 0.301. The van der Waals surface area contributed by atoms with Gasteiger partial charge in [0, 0.05) is 24.0 Å². The van der Waals surface area contributed by atoms with Crippen molar-refractivity contribution in [3.63, 3.8) is 0 Å². The molecule has 0 amide bonds. The summed E-state index contributed by atoms with van der Waals surface area (Å²) >= 11 is 1.78. The highest BCUT2D eigenvalue weighted by Crippen LogP contribution is 2.32. The van der Waals surface area contributed by atoms with Crippen LogP contribution in [-0.4, -0.2) is 29.1 Å². The van der Waals surface area contributed by atoms with Gasteiger partial charge in [0.1, 0.15) is 17.0 Å².